The highest BCUT2D eigenvalue weighted by Crippen LogP contribution is 2.65. The Morgan fingerprint density at radius 1 is 0.914 bits per heavy atom. The first-order chi connectivity index (χ1) is 17.1. The number of fused-ring (bicyclic) bond motifs is 6. The van der Waals surface area contributed by atoms with E-state index >= 15 is 0 Å². The van der Waals surface area contributed by atoms with Crippen LogP contribution in [0.25, 0.3) is 16.7 Å². The Labute approximate surface area is 208 Å². The van der Waals surface area contributed by atoms with Crippen LogP contribution in [0, 0.1) is 28.6 Å². The van der Waals surface area contributed by atoms with Gasteiger partial charge in [-0.25, -0.2) is 4.98 Å². The van der Waals surface area contributed by atoms with E-state index in [4.69, 9.17) is 9.72 Å². The normalized spacial score (nSPS) is 36.1. The van der Waals surface area contributed by atoms with E-state index in [0.717, 1.165) is 41.9 Å². The predicted molar refractivity (Wildman–Crippen MR) is 140 cm³/mol. The molecular weight excluding hydrogens is 430 g/mol. The third-order valence-corrected chi connectivity index (χ3v) is 10.3. The molecule has 0 N–H and O–H groups in total. The topological polar surface area (TPSA) is 39.9 Å². The Bertz CT molecular complexity index is 1320. The number of aromatic nitrogens is 3. The molecule has 4 heteroatoms. The third-order valence-electron chi connectivity index (χ3n) is 10.3. The second-order valence-electron chi connectivity index (χ2n) is 11.8. The summed E-state index contributed by atoms with van der Waals surface area (Å²) in [6, 6.07) is 12.5. The minimum absolute atomic E-state index is 0.230. The van der Waals surface area contributed by atoms with Crippen molar-refractivity contribution in [2.24, 2.45) is 28.6 Å². The zero-order valence-electron chi connectivity index (χ0n) is 20.9. The highest BCUT2D eigenvalue weighted by atomic mass is 16.5. The average molecular weight is 466 g/mol. The smallest absolute Gasteiger partial charge is 0.122 e. The quantitative estimate of drug-likeness (QED) is 0.381. The van der Waals surface area contributed by atoms with Crippen molar-refractivity contribution >= 4 is 16.7 Å². The summed E-state index contributed by atoms with van der Waals surface area (Å²) in [4.78, 5) is 8.84. The SMILES string of the molecule is C[C@]12CC[C@H](Oc3ccncc3)CC1=CC[C@@H]1[C@@H]2CC[C@]2(C)C(n3cnc4ccccc43)=CC[C@@H]12. The highest BCUT2D eigenvalue weighted by Gasteiger charge is 2.57. The number of nitrogens with zero attached hydrogens (tertiary/aromatic N) is 3. The summed E-state index contributed by atoms with van der Waals surface area (Å²) in [5.41, 5.74) is 6.05. The largest absolute Gasteiger partial charge is 0.490 e. The van der Waals surface area contributed by atoms with Crippen molar-refractivity contribution in [1.82, 2.24) is 14.5 Å². The second-order valence-corrected chi connectivity index (χ2v) is 11.8. The number of hydrogen-bond acceptors (Lipinski definition) is 3. The van der Waals surface area contributed by atoms with Crippen molar-refractivity contribution in [2.45, 2.75) is 64.9 Å². The first-order valence-electron chi connectivity index (χ1n) is 13.5. The summed E-state index contributed by atoms with van der Waals surface area (Å²) in [6.07, 6.45) is 19.6. The average Bonchev–Trinajstić information content (AvgIpc) is 3.45. The van der Waals surface area contributed by atoms with Crippen molar-refractivity contribution < 1.29 is 4.74 Å². The van der Waals surface area contributed by atoms with E-state index in [9.17, 15) is 0 Å². The van der Waals surface area contributed by atoms with Crippen LogP contribution < -0.4 is 4.74 Å². The number of hydrogen-bond donors (Lipinski definition) is 0. The number of para-hydroxylation sites is 2. The first kappa shape index (κ1) is 21.4. The van der Waals surface area contributed by atoms with E-state index in [1.165, 1.54) is 43.3 Å². The van der Waals surface area contributed by atoms with E-state index in [1.54, 1.807) is 5.57 Å². The molecular formula is C31H35N3O. The van der Waals surface area contributed by atoms with Crippen molar-refractivity contribution in [2.75, 3.05) is 0 Å². The molecule has 0 spiro atoms. The van der Waals surface area contributed by atoms with Gasteiger partial charge in [0, 0.05) is 29.9 Å². The van der Waals surface area contributed by atoms with Crippen molar-refractivity contribution in [1.29, 1.82) is 0 Å². The maximum absolute atomic E-state index is 6.36. The number of allylic oxidation sites excluding steroid dienone is 3. The van der Waals surface area contributed by atoms with Crippen LogP contribution in [0.1, 0.15) is 58.8 Å². The molecule has 0 radical (unpaired) electrons. The highest BCUT2D eigenvalue weighted by molar-refractivity contribution is 5.80. The number of rotatable bonds is 3. The van der Waals surface area contributed by atoms with Crippen LogP contribution >= 0.6 is 0 Å². The van der Waals surface area contributed by atoms with Crippen LogP contribution in [0.3, 0.4) is 0 Å². The zero-order valence-corrected chi connectivity index (χ0v) is 20.9. The second kappa shape index (κ2) is 7.81. The van der Waals surface area contributed by atoms with E-state index in [0.29, 0.717) is 5.41 Å². The lowest BCUT2D eigenvalue weighted by atomic mass is 9.47. The van der Waals surface area contributed by atoms with Crippen LogP contribution in [0.5, 0.6) is 5.75 Å². The monoisotopic (exact) mass is 465 g/mol. The summed E-state index contributed by atoms with van der Waals surface area (Å²) in [6.45, 7) is 5.12. The minimum Gasteiger partial charge on any atom is -0.490 e. The zero-order chi connectivity index (χ0) is 23.6. The molecule has 0 aliphatic heterocycles. The summed E-state index contributed by atoms with van der Waals surface area (Å²) < 4.78 is 8.76. The summed E-state index contributed by atoms with van der Waals surface area (Å²) in [7, 11) is 0. The van der Waals surface area contributed by atoms with Gasteiger partial charge in [0.15, 0.2) is 0 Å². The fourth-order valence-corrected chi connectivity index (χ4v) is 8.41. The maximum atomic E-state index is 6.36. The van der Waals surface area contributed by atoms with Crippen molar-refractivity contribution in [3.05, 3.63) is 72.8 Å². The van der Waals surface area contributed by atoms with Gasteiger partial charge in [-0.05, 0) is 86.0 Å². The predicted octanol–water partition coefficient (Wildman–Crippen LogP) is 7.29. The molecule has 1 aromatic carbocycles. The molecule has 0 amide bonds. The Kier molecular flexibility index (Phi) is 4.78. The Morgan fingerprint density at radius 2 is 1.74 bits per heavy atom. The number of pyridine rings is 1. The summed E-state index contributed by atoms with van der Waals surface area (Å²) in [5.74, 6) is 3.23. The Hall–Kier alpha value is -2.88. The summed E-state index contributed by atoms with van der Waals surface area (Å²) in [5, 5.41) is 0. The van der Waals surface area contributed by atoms with Crippen LogP contribution in [0.4, 0.5) is 0 Å². The fraction of sp³-hybridized carbons (Fsp3) is 0.484. The minimum atomic E-state index is 0.230. The van der Waals surface area contributed by atoms with Gasteiger partial charge in [0.25, 0.3) is 0 Å². The van der Waals surface area contributed by atoms with E-state index in [1.807, 2.05) is 24.5 Å². The fourth-order valence-electron chi connectivity index (χ4n) is 8.41. The van der Waals surface area contributed by atoms with Gasteiger partial charge in [0.1, 0.15) is 18.2 Å². The van der Waals surface area contributed by atoms with Gasteiger partial charge < -0.3 is 9.30 Å². The first-order valence-corrected chi connectivity index (χ1v) is 13.5. The van der Waals surface area contributed by atoms with Gasteiger partial charge in [-0.2, -0.15) is 0 Å². The van der Waals surface area contributed by atoms with Crippen molar-refractivity contribution in [3.8, 4) is 5.75 Å². The molecule has 4 nitrogen and oxygen atoms in total. The Morgan fingerprint density at radius 3 is 2.63 bits per heavy atom. The molecule has 2 fully saturated rings. The van der Waals surface area contributed by atoms with Crippen LogP contribution in [-0.4, -0.2) is 20.6 Å². The molecule has 4 aliphatic carbocycles. The van der Waals surface area contributed by atoms with Crippen LogP contribution in [0.2, 0.25) is 0 Å². The van der Waals surface area contributed by atoms with Gasteiger partial charge in [0.05, 0.1) is 11.0 Å². The Balaban J connectivity index is 1.15. The molecule has 7 rings (SSSR count). The third kappa shape index (κ3) is 3.18. The molecule has 0 bridgehead atoms. The van der Waals surface area contributed by atoms with Gasteiger partial charge in [-0.15, -0.1) is 0 Å². The van der Waals surface area contributed by atoms with Gasteiger partial charge in [-0.1, -0.05) is 43.7 Å². The van der Waals surface area contributed by atoms with Gasteiger partial charge in [0.2, 0.25) is 0 Å². The van der Waals surface area contributed by atoms with E-state index < -0.39 is 0 Å². The van der Waals surface area contributed by atoms with Crippen molar-refractivity contribution in [3.63, 3.8) is 0 Å². The van der Waals surface area contributed by atoms with E-state index in [-0.39, 0.29) is 11.5 Å². The molecule has 2 aromatic heterocycles. The molecule has 2 heterocycles. The lowest BCUT2D eigenvalue weighted by Gasteiger charge is -2.57. The van der Waals surface area contributed by atoms with Gasteiger partial charge in [-0.3, -0.25) is 4.98 Å². The molecule has 35 heavy (non-hydrogen) atoms. The lowest BCUT2D eigenvalue weighted by Crippen LogP contribution is -2.50. The molecule has 3 aromatic rings. The molecule has 6 atom stereocenters. The van der Waals surface area contributed by atoms with Crippen LogP contribution in [-0.2, 0) is 0 Å². The summed E-state index contributed by atoms with van der Waals surface area (Å²) >= 11 is 0. The standard InChI is InChI=1S/C31H35N3O/c1-30-15-11-23(35-22-13-17-32-18-14-22)19-21(30)7-8-24-25-9-10-29(31(25,2)16-12-26(24)30)34-20-33-27-5-3-4-6-28(27)34/h3-7,10,13-14,17-18,20,23-26H,8-9,11-12,15-16,19H2,1-2H3/t23-,24-,25-,26-,30-,31-/m0/s1. The molecule has 180 valence electrons. The number of benzene rings is 1. The molecule has 0 unspecified atom stereocenters. The lowest BCUT2D eigenvalue weighted by molar-refractivity contribution is -0.0222. The number of imidazole rings is 1. The van der Waals surface area contributed by atoms with Gasteiger partial charge >= 0.3 is 0 Å². The van der Waals surface area contributed by atoms with E-state index in [2.05, 4.69) is 66.1 Å². The van der Waals surface area contributed by atoms with Crippen LogP contribution in [0.15, 0.2) is 72.8 Å². The molecule has 4 aliphatic rings. The molecule has 2 saturated carbocycles. The maximum Gasteiger partial charge on any atom is 0.122 e. The molecule has 0 saturated heterocycles. The number of ether oxygens (including phenoxy) is 1.